The summed E-state index contributed by atoms with van der Waals surface area (Å²) in [5.74, 6) is 0. The van der Waals surface area contributed by atoms with E-state index in [1.54, 1.807) is 0 Å². The Labute approximate surface area is 110 Å². The molecule has 1 aliphatic rings. The van der Waals surface area contributed by atoms with E-state index in [1.807, 2.05) is 30.3 Å². The van der Waals surface area contributed by atoms with E-state index in [9.17, 15) is 14.7 Å². The molecule has 1 heterocycles. The Morgan fingerprint density at radius 1 is 1.33 bits per heavy atom. The molecule has 1 fully saturated rings. The molecule has 0 saturated carbocycles. The van der Waals surface area contributed by atoms with Crippen LogP contribution < -0.4 is 0 Å². The molecule has 0 aliphatic carbocycles. The van der Waals surface area contributed by atoms with Gasteiger partial charge < -0.3 is 5.11 Å². The number of benzene rings is 1. The molecule has 96 valence electrons. The summed E-state index contributed by atoms with van der Waals surface area (Å²) in [4.78, 5) is 24.2. The van der Waals surface area contributed by atoms with Crippen LogP contribution in [0.2, 0.25) is 0 Å². The van der Waals surface area contributed by atoms with E-state index in [2.05, 4.69) is 0 Å². The highest BCUT2D eigenvalue weighted by Crippen LogP contribution is 2.35. The van der Waals surface area contributed by atoms with Gasteiger partial charge in [0.15, 0.2) is 0 Å². The smallest absolute Gasteiger partial charge is 0.408 e. The lowest BCUT2D eigenvalue weighted by Crippen LogP contribution is -2.52. The molecule has 1 amide bonds. The summed E-state index contributed by atoms with van der Waals surface area (Å²) in [6.45, 7) is 0.362. The molecule has 1 aliphatic heterocycles. The van der Waals surface area contributed by atoms with Gasteiger partial charge in [-0.25, -0.2) is 4.79 Å². The average Bonchev–Trinajstić information content (AvgIpc) is 2.75. The van der Waals surface area contributed by atoms with Crippen molar-refractivity contribution in [2.24, 2.45) is 0 Å². The van der Waals surface area contributed by atoms with Crippen molar-refractivity contribution >= 4 is 22.9 Å². The van der Waals surface area contributed by atoms with Crippen LogP contribution in [-0.2, 0) is 11.2 Å². The predicted octanol–water partition coefficient (Wildman–Crippen LogP) is 2.51. The zero-order valence-corrected chi connectivity index (χ0v) is 10.6. The van der Waals surface area contributed by atoms with E-state index in [1.165, 1.54) is 4.90 Å². The van der Waals surface area contributed by atoms with Gasteiger partial charge in [0.05, 0.1) is 0 Å². The highest BCUT2D eigenvalue weighted by molar-refractivity contribution is 6.65. The molecule has 0 aromatic heterocycles. The monoisotopic (exact) mass is 267 g/mol. The van der Waals surface area contributed by atoms with Crippen LogP contribution in [0.15, 0.2) is 30.3 Å². The number of amides is 1. The largest absolute Gasteiger partial charge is 0.465 e. The third-order valence-electron chi connectivity index (χ3n) is 3.42. The van der Waals surface area contributed by atoms with Crippen molar-refractivity contribution in [3.8, 4) is 0 Å². The molecule has 1 aromatic rings. The fraction of sp³-hybridized carbons (Fsp3) is 0.385. The summed E-state index contributed by atoms with van der Waals surface area (Å²) in [6, 6.07) is 9.35. The second-order valence-electron chi connectivity index (χ2n) is 4.51. The molecule has 0 radical (unpaired) electrons. The summed E-state index contributed by atoms with van der Waals surface area (Å²) in [7, 11) is 0. The Balaban J connectivity index is 2.33. The maximum atomic E-state index is 11.7. The molecule has 2 rings (SSSR count). The number of halogens is 1. The van der Waals surface area contributed by atoms with Crippen molar-refractivity contribution in [3.05, 3.63) is 35.9 Å². The van der Waals surface area contributed by atoms with E-state index in [0.717, 1.165) is 5.56 Å². The van der Waals surface area contributed by atoms with Gasteiger partial charge >= 0.3 is 6.09 Å². The van der Waals surface area contributed by atoms with Crippen molar-refractivity contribution in [2.45, 2.75) is 24.8 Å². The standard InChI is InChI=1S/C13H14ClNO3/c14-11(16)13(7-4-8-15(13)12(17)18)9-10-5-2-1-3-6-10/h1-3,5-6H,4,7-9H2,(H,17,18). The molecule has 1 N–H and O–H groups in total. The average molecular weight is 268 g/mol. The third-order valence-corrected chi connectivity index (χ3v) is 3.78. The summed E-state index contributed by atoms with van der Waals surface area (Å²) in [5, 5.41) is 8.60. The van der Waals surface area contributed by atoms with Gasteiger partial charge in [-0.2, -0.15) is 0 Å². The van der Waals surface area contributed by atoms with Crippen LogP contribution in [0.1, 0.15) is 18.4 Å². The van der Waals surface area contributed by atoms with E-state index < -0.39 is 16.9 Å². The lowest BCUT2D eigenvalue weighted by Gasteiger charge is -2.33. The fourth-order valence-electron chi connectivity index (χ4n) is 2.55. The number of carbonyl (C=O) groups is 2. The summed E-state index contributed by atoms with van der Waals surface area (Å²) >= 11 is 5.69. The number of nitrogens with zero attached hydrogens (tertiary/aromatic N) is 1. The van der Waals surface area contributed by atoms with Gasteiger partial charge in [0.1, 0.15) is 5.54 Å². The molecule has 1 unspecified atom stereocenters. The lowest BCUT2D eigenvalue weighted by molar-refractivity contribution is -0.120. The van der Waals surface area contributed by atoms with Gasteiger partial charge in [-0.15, -0.1) is 0 Å². The molecule has 1 saturated heterocycles. The van der Waals surface area contributed by atoms with Crippen LogP contribution in [0.25, 0.3) is 0 Å². The zero-order valence-electron chi connectivity index (χ0n) is 9.80. The minimum Gasteiger partial charge on any atom is -0.465 e. The lowest BCUT2D eigenvalue weighted by atomic mass is 9.89. The Kier molecular flexibility index (Phi) is 3.57. The topological polar surface area (TPSA) is 57.6 Å². The van der Waals surface area contributed by atoms with Crippen molar-refractivity contribution in [3.63, 3.8) is 0 Å². The van der Waals surface area contributed by atoms with Crippen LogP contribution in [0, 0.1) is 0 Å². The summed E-state index contributed by atoms with van der Waals surface area (Å²) < 4.78 is 0. The van der Waals surface area contributed by atoms with Gasteiger partial charge in [-0.1, -0.05) is 30.3 Å². The van der Waals surface area contributed by atoms with Crippen molar-refractivity contribution < 1.29 is 14.7 Å². The minimum absolute atomic E-state index is 0.336. The molecule has 5 heteroatoms. The SMILES string of the molecule is O=C(O)N1CCCC1(Cc1ccccc1)C(=O)Cl. The number of likely N-dealkylation sites (tertiary alicyclic amines) is 1. The third kappa shape index (κ3) is 2.20. The normalized spacial score (nSPS) is 23.1. The van der Waals surface area contributed by atoms with Gasteiger partial charge in [0.25, 0.3) is 0 Å². The van der Waals surface area contributed by atoms with E-state index in [0.29, 0.717) is 25.8 Å². The van der Waals surface area contributed by atoms with Gasteiger partial charge in [0, 0.05) is 13.0 Å². The van der Waals surface area contributed by atoms with Gasteiger partial charge in [-0.05, 0) is 30.0 Å². The first-order valence-corrected chi connectivity index (χ1v) is 6.18. The van der Waals surface area contributed by atoms with E-state index in [4.69, 9.17) is 11.6 Å². The minimum atomic E-state index is -1.10. The second kappa shape index (κ2) is 4.98. The zero-order chi connectivity index (χ0) is 13.2. The Bertz CT molecular complexity index is 463. The number of carbonyl (C=O) groups excluding carboxylic acids is 1. The number of rotatable bonds is 3. The van der Waals surface area contributed by atoms with Crippen LogP contribution in [0.5, 0.6) is 0 Å². The first-order valence-electron chi connectivity index (χ1n) is 5.81. The predicted molar refractivity (Wildman–Crippen MR) is 67.7 cm³/mol. The van der Waals surface area contributed by atoms with Gasteiger partial charge in [0.2, 0.25) is 5.24 Å². The molecule has 0 bridgehead atoms. The maximum Gasteiger partial charge on any atom is 0.408 e. The van der Waals surface area contributed by atoms with Crippen molar-refractivity contribution in [1.82, 2.24) is 4.90 Å². The summed E-state index contributed by atoms with van der Waals surface area (Å²) in [5.41, 5.74) is -0.186. The molecule has 1 atom stereocenters. The van der Waals surface area contributed by atoms with Crippen LogP contribution >= 0.6 is 11.6 Å². The maximum absolute atomic E-state index is 11.7. The number of carboxylic acid groups (broad SMARTS) is 1. The summed E-state index contributed by atoms with van der Waals surface area (Å²) in [6.07, 6.45) is 0.397. The Hall–Kier alpha value is -1.55. The second-order valence-corrected chi connectivity index (χ2v) is 4.85. The highest BCUT2D eigenvalue weighted by atomic mass is 35.5. The molecule has 4 nitrogen and oxygen atoms in total. The van der Waals surface area contributed by atoms with Gasteiger partial charge in [-0.3, -0.25) is 9.69 Å². The molecule has 0 spiro atoms. The van der Waals surface area contributed by atoms with Crippen LogP contribution in [0.3, 0.4) is 0 Å². The first-order chi connectivity index (χ1) is 8.56. The molecular weight excluding hydrogens is 254 g/mol. The quantitative estimate of drug-likeness (QED) is 0.856. The van der Waals surface area contributed by atoms with E-state index >= 15 is 0 Å². The van der Waals surface area contributed by atoms with Crippen LogP contribution in [-0.4, -0.2) is 33.4 Å². The van der Waals surface area contributed by atoms with Crippen LogP contribution in [0.4, 0.5) is 4.79 Å². The number of hydrogen-bond acceptors (Lipinski definition) is 2. The molecule has 1 aromatic carbocycles. The molecular formula is C13H14ClNO3. The number of hydrogen-bond donors (Lipinski definition) is 1. The Morgan fingerprint density at radius 3 is 2.56 bits per heavy atom. The first kappa shape index (κ1) is 12.9. The molecule has 18 heavy (non-hydrogen) atoms. The van der Waals surface area contributed by atoms with Crippen molar-refractivity contribution in [1.29, 1.82) is 0 Å². The highest BCUT2D eigenvalue weighted by Gasteiger charge is 2.49. The fourth-order valence-corrected chi connectivity index (χ4v) is 2.81. The van der Waals surface area contributed by atoms with E-state index in [-0.39, 0.29) is 0 Å². The van der Waals surface area contributed by atoms with Crippen molar-refractivity contribution in [2.75, 3.05) is 6.54 Å². The Morgan fingerprint density at radius 2 is 2.00 bits per heavy atom.